The van der Waals surface area contributed by atoms with E-state index in [0.29, 0.717) is 37.6 Å². The van der Waals surface area contributed by atoms with Gasteiger partial charge in [-0.2, -0.15) is 4.31 Å². The van der Waals surface area contributed by atoms with Crippen molar-refractivity contribution in [1.82, 2.24) is 9.46 Å². The van der Waals surface area contributed by atoms with Crippen LogP contribution in [0.2, 0.25) is 0 Å². The molecule has 0 bridgehead atoms. The molecule has 6 nitrogen and oxygen atoms in total. The van der Waals surface area contributed by atoms with E-state index in [1.54, 1.807) is 13.8 Å². The van der Waals surface area contributed by atoms with Crippen LogP contribution < -0.4 is 4.90 Å². The van der Waals surface area contributed by atoms with Gasteiger partial charge in [0.15, 0.2) is 5.76 Å². The lowest BCUT2D eigenvalue weighted by atomic mass is 9.85. The van der Waals surface area contributed by atoms with Gasteiger partial charge in [0.05, 0.1) is 0 Å². The lowest BCUT2D eigenvalue weighted by molar-refractivity contribution is 0.378. The van der Waals surface area contributed by atoms with Crippen LogP contribution in [-0.2, 0) is 15.4 Å². The minimum absolute atomic E-state index is 0.0382. The third-order valence-corrected chi connectivity index (χ3v) is 7.00. The lowest BCUT2D eigenvalue weighted by Gasteiger charge is -2.38. The number of sulfonamides is 1. The van der Waals surface area contributed by atoms with E-state index >= 15 is 0 Å². The third-order valence-electron chi connectivity index (χ3n) is 4.86. The number of aromatic nitrogens is 1. The zero-order chi connectivity index (χ0) is 19.1. The molecule has 0 atom stereocenters. The number of para-hydroxylation sites is 1. The van der Waals surface area contributed by atoms with Crippen LogP contribution in [0.3, 0.4) is 0 Å². The molecular weight excluding hydrogens is 350 g/mol. The van der Waals surface area contributed by atoms with E-state index in [0.717, 1.165) is 0 Å². The Morgan fingerprint density at radius 3 is 2.19 bits per heavy atom. The van der Waals surface area contributed by atoms with Crippen molar-refractivity contribution in [2.75, 3.05) is 31.1 Å². The number of rotatable bonds is 3. The van der Waals surface area contributed by atoms with Crippen molar-refractivity contribution in [2.24, 2.45) is 0 Å². The van der Waals surface area contributed by atoms with E-state index in [1.807, 2.05) is 6.07 Å². The van der Waals surface area contributed by atoms with Gasteiger partial charge in [-0.05, 0) is 30.9 Å². The quantitative estimate of drug-likeness (QED) is 0.822. The Bertz CT molecular complexity index is 869. The minimum Gasteiger partial charge on any atom is -0.369 e. The fourth-order valence-corrected chi connectivity index (χ4v) is 5.24. The molecule has 2 heterocycles. The van der Waals surface area contributed by atoms with Crippen LogP contribution in [0.15, 0.2) is 33.7 Å². The Hall–Kier alpha value is -1.86. The van der Waals surface area contributed by atoms with Gasteiger partial charge in [0.25, 0.3) is 0 Å². The van der Waals surface area contributed by atoms with E-state index in [9.17, 15) is 8.42 Å². The molecule has 0 spiro atoms. The molecule has 2 aromatic rings. The van der Waals surface area contributed by atoms with E-state index in [4.69, 9.17) is 4.52 Å². The number of aryl methyl sites for hydroxylation is 2. The van der Waals surface area contributed by atoms with Gasteiger partial charge in [0.1, 0.15) is 10.6 Å². The molecule has 7 heteroatoms. The van der Waals surface area contributed by atoms with Crippen LogP contribution in [-0.4, -0.2) is 44.1 Å². The van der Waals surface area contributed by atoms with Crippen LogP contribution in [0.4, 0.5) is 5.69 Å². The molecule has 1 aromatic carbocycles. The van der Waals surface area contributed by atoms with Crippen molar-refractivity contribution in [1.29, 1.82) is 0 Å². The van der Waals surface area contributed by atoms with Crippen molar-refractivity contribution in [2.45, 2.75) is 44.9 Å². The second kappa shape index (κ2) is 6.70. The molecule has 26 heavy (non-hydrogen) atoms. The summed E-state index contributed by atoms with van der Waals surface area (Å²) in [6, 6.07) is 8.38. The van der Waals surface area contributed by atoms with Crippen LogP contribution in [0.1, 0.15) is 37.8 Å². The predicted octanol–water partition coefficient (Wildman–Crippen LogP) is 3.10. The van der Waals surface area contributed by atoms with E-state index in [-0.39, 0.29) is 10.3 Å². The molecule has 0 N–H and O–H groups in total. The first-order chi connectivity index (χ1) is 12.1. The molecule has 1 saturated heterocycles. The SMILES string of the molecule is Cc1noc(C)c1S(=O)(=O)N1CCN(c2ccccc2C(C)(C)C)CC1. The van der Waals surface area contributed by atoms with Crippen molar-refractivity contribution in [3.63, 3.8) is 0 Å². The fraction of sp³-hybridized carbons (Fsp3) is 0.526. The van der Waals surface area contributed by atoms with Crippen molar-refractivity contribution in [3.8, 4) is 0 Å². The molecule has 1 aliphatic rings. The van der Waals surface area contributed by atoms with Crippen molar-refractivity contribution < 1.29 is 12.9 Å². The smallest absolute Gasteiger partial charge is 0.248 e. The number of hydrogen-bond acceptors (Lipinski definition) is 5. The summed E-state index contributed by atoms with van der Waals surface area (Å²) in [5.41, 5.74) is 2.93. The largest absolute Gasteiger partial charge is 0.369 e. The number of benzene rings is 1. The Balaban J connectivity index is 1.81. The summed E-state index contributed by atoms with van der Waals surface area (Å²) >= 11 is 0. The Morgan fingerprint density at radius 2 is 1.65 bits per heavy atom. The monoisotopic (exact) mass is 377 g/mol. The van der Waals surface area contributed by atoms with Gasteiger partial charge in [-0.3, -0.25) is 0 Å². The van der Waals surface area contributed by atoms with Gasteiger partial charge in [0.2, 0.25) is 10.0 Å². The number of nitrogens with zero attached hydrogens (tertiary/aromatic N) is 3. The normalized spacial score (nSPS) is 16.9. The van der Waals surface area contributed by atoms with Gasteiger partial charge in [-0.1, -0.05) is 44.1 Å². The molecule has 1 aliphatic heterocycles. The van der Waals surface area contributed by atoms with Gasteiger partial charge in [-0.15, -0.1) is 0 Å². The number of hydrogen-bond donors (Lipinski definition) is 0. The summed E-state index contributed by atoms with van der Waals surface area (Å²) in [7, 11) is -3.57. The standard InChI is InChI=1S/C19H27N3O3S/c1-14-18(15(2)25-20-14)26(23,24)22-12-10-21(11-13-22)17-9-7-6-8-16(17)19(3,4)5/h6-9H,10-13H2,1-5H3. The second-order valence-electron chi connectivity index (χ2n) is 7.81. The number of piperazine rings is 1. The van der Waals surface area contributed by atoms with Crippen molar-refractivity contribution in [3.05, 3.63) is 41.3 Å². The van der Waals surface area contributed by atoms with Crippen LogP contribution in [0, 0.1) is 13.8 Å². The second-order valence-corrected chi connectivity index (χ2v) is 9.69. The van der Waals surface area contributed by atoms with Gasteiger partial charge < -0.3 is 9.42 Å². The minimum atomic E-state index is -3.57. The molecule has 0 saturated carbocycles. The highest BCUT2D eigenvalue weighted by atomic mass is 32.2. The molecule has 0 radical (unpaired) electrons. The molecular formula is C19H27N3O3S. The maximum atomic E-state index is 13.0. The molecule has 1 aromatic heterocycles. The Kier molecular flexibility index (Phi) is 4.88. The van der Waals surface area contributed by atoms with E-state index in [2.05, 4.69) is 49.0 Å². The van der Waals surface area contributed by atoms with Gasteiger partial charge in [0, 0.05) is 31.9 Å². The molecule has 0 aliphatic carbocycles. The summed E-state index contributed by atoms with van der Waals surface area (Å²) in [5.74, 6) is 0.350. The zero-order valence-electron chi connectivity index (χ0n) is 16.1. The highest BCUT2D eigenvalue weighted by Crippen LogP contribution is 2.33. The highest BCUT2D eigenvalue weighted by Gasteiger charge is 2.34. The van der Waals surface area contributed by atoms with E-state index < -0.39 is 10.0 Å². The van der Waals surface area contributed by atoms with Crippen LogP contribution >= 0.6 is 0 Å². The summed E-state index contributed by atoms with van der Waals surface area (Å²) < 4.78 is 32.5. The van der Waals surface area contributed by atoms with Crippen LogP contribution in [0.5, 0.6) is 0 Å². The lowest BCUT2D eigenvalue weighted by Crippen LogP contribution is -2.49. The highest BCUT2D eigenvalue weighted by molar-refractivity contribution is 7.89. The summed E-state index contributed by atoms with van der Waals surface area (Å²) in [4.78, 5) is 2.49. The van der Waals surface area contributed by atoms with Gasteiger partial charge in [-0.25, -0.2) is 8.42 Å². The average Bonchev–Trinajstić information content (AvgIpc) is 2.93. The summed E-state index contributed by atoms with van der Waals surface area (Å²) in [6.45, 7) is 12.1. The predicted molar refractivity (Wildman–Crippen MR) is 102 cm³/mol. The summed E-state index contributed by atoms with van der Waals surface area (Å²) in [6.07, 6.45) is 0. The Morgan fingerprint density at radius 1 is 1.04 bits per heavy atom. The number of anilines is 1. The first kappa shape index (κ1) is 18.9. The third kappa shape index (κ3) is 3.38. The maximum Gasteiger partial charge on any atom is 0.248 e. The summed E-state index contributed by atoms with van der Waals surface area (Å²) in [5, 5.41) is 3.79. The zero-order valence-corrected chi connectivity index (χ0v) is 16.9. The van der Waals surface area contributed by atoms with Crippen molar-refractivity contribution >= 4 is 15.7 Å². The molecule has 142 valence electrons. The topological polar surface area (TPSA) is 66.7 Å². The first-order valence-electron chi connectivity index (χ1n) is 8.90. The van der Waals surface area contributed by atoms with E-state index in [1.165, 1.54) is 15.6 Å². The maximum absolute atomic E-state index is 13.0. The molecule has 0 unspecified atom stereocenters. The molecule has 0 amide bonds. The molecule has 3 rings (SSSR count). The van der Waals surface area contributed by atoms with Gasteiger partial charge >= 0.3 is 0 Å². The average molecular weight is 378 g/mol. The Labute approximate surface area is 155 Å². The van der Waals surface area contributed by atoms with Crippen LogP contribution in [0.25, 0.3) is 0 Å². The fourth-order valence-electron chi connectivity index (χ4n) is 3.52. The molecule has 1 fully saturated rings. The first-order valence-corrected chi connectivity index (χ1v) is 10.3.